The lowest BCUT2D eigenvalue weighted by molar-refractivity contribution is -0.141. The van der Waals surface area contributed by atoms with Crippen LogP contribution >= 0.6 is 0 Å². The van der Waals surface area contributed by atoms with Crippen LogP contribution in [0.1, 0.15) is 18.9 Å². The number of carbonyl (C=O) groups is 2. The van der Waals surface area contributed by atoms with Crippen LogP contribution in [0, 0.1) is 0 Å². The van der Waals surface area contributed by atoms with Crippen molar-refractivity contribution in [2.24, 2.45) is 0 Å². The molecule has 2 rings (SSSR count). The molecule has 88 valence electrons. The van der Waals surface area contributed by atoms with Gasteiger partial charge in [0.1, 0.15) is 12.3 Å². The molecule has 1 aromatic carbocycles. The maximum Gasteiger partial charge on any atom is 0.326 e. The molecule has 4 heteroatoms. The first-order valence-electron chi connectivity index (χ1n) is 5.46. The molecule has 0 amide bonds. The van der Waals surface area contributed by atoms with Gasteiger partial charge in [-0.05, 0) is 23.9 Å². The number of carboxylic acid groups (broad SMARTS) is 1. The molecule has 2 aromatic rings. The van der Waals surface area contributed by atoms with Gasteiger partial charge in [0.25, 0.3) is 0 Å². The number of aliphatic carboxylic acids is 1. The van der Waals surface area contributed by atoms with Gasteiger partial charge in [-0.15, -0.1) is 0 Å². The number of hydrogen-bond acceptors (Lipinski definition) is 2. The van der Waals surface area contributed by atoms with E-state index in [0.29, 0.717) is 6.42 Å². The molecule has 0 aliphatic rings. The average molecular weight is 231 g/mol. The first-order valence-corrected chi connectivity index (χ1v) is 5.46. The molecule has 0 aliphatic carbocycles. The van der Waals surface area contributed by atoms with E-state index >= 15 is 0 Å². The topological polar surface area (TPSA) is 59.3 Å². The van der Waals surface area contributed by atoms with Gasteiger partial charge in [-0.2, -0.15) is 0 Å². The van der Waals surface area contributed by atoms with Crippen LogP contribution in [0.2, 0.25) is 0 Å². The minimum absolute atomic E-state index is 0.253. The molecular formula is C13H13NO3. The number of fused-ring (bicyclic) bond motifs is 1. The summed E-state index contributed by atoms with van der Waals surface area (Å²) in [7, 11) is 0. The summed E-state index contributed by atoms with van der Waals surface area (Å²) in [6, 6.07) is 8.80. The molecule has 1 aromatic heterocycles. The van der Waals surface area contributed by atoms with E-state index in [0.717, 1.165) is 17.2 Å². The zero-order valence-corrected chi connectivity index (χ0v) is 9.24. The summed E-state index contributed by atoms with van der Waals surface area (Å²) < 4.78 is 1.71. The highest BCUT2D eigenvalue weighted by molar-refractivity contribution is 5.83. The van der Waals surface area contributed by atoms with Gasteiger partial charge in [0, 0.05) is 18.1 Å². The van der Waals surface area contributed by atoms with E-state index in [-0.39, 0.29) is 6.42 Å². The molecule has 0 fully saturated rings. The second kappa shape index (κ2) is 4.82. The molecule has 1 heterocycles. The van der Waals surface area contributed by atoms with Gasteiger partial charge in [-0.25, -0.2) is 4.79 Å². The number of aldehydes is 1. The third-order valence-corrected chi connectivity index (χ3v) is 2.81. The van der Waals surface area contributed by atoms with Gasteiger partial charge in [0.05, 0.1) is 0 Å². The molecule has 0 bridgehead atoms. The van der Waals surface area contributed by atoms with Crippen LogP contribution in [-0.2, 0) is 9.59 Å². The third-order valence-electron chi connectivity index (χ3n) is 2.81. The van der Waals surface area contributed by atoms with Crippen molar-refractivity contribution in [2.75, 3.05) is 0 Å². The first-order chi connectivity index (χ1) is 8.24. The number of nitrogens with zero attached hydrogens (tertiary/aromatic N) is 1. The number of benzene rings is 1. The fourth-order valence-corrected chi connectivity index (χ4v) is 1.98. The van der Waals surface area contributed by atoms with Crippen LogP contribution in [0.5, 0.6) is 0 Å². The first kappa shape index (κ1) is 11.4. The number of rotatable bonds is 5. The van der Waals surface area contributed by atoms with Crippen LogP contribution in [-0.4, -0.2) is 21.9 Å². The second-order valence-corrected chi connectivity index (χ2v) is 3.88. The van der Waals surface area contributed by atoms with Crippen molar-refractivity contribution in [3.8, 4) is 0 Å². The molecule has 1 unspecified atom stereocenters. The fourth-order valence-electron chi connectivity index (χ4n) is 1.98. The van der Waals surface area contributed by atoms with Crippen molar-refractivity contribution in [2.45, 2.75) is 18.9 Å². The summed E-state index contributed by atoms with van der Waals surface area (Å²) >= 11 is 0. The van der Waals surface area contributed by atoms with Crippen LogP contribution in [0.3, 0.4) is 0 Å². The normalized spacial score (nSPS) is 12.5. The van der Waals surface area contributed by atoms with Crippen molar-refractivity contribution >= 4 is 23.2 Å². The smallest absolute Gasteiger partial charge is 0.326 e. The van der Waals surface area contributed by atoms with Gasteiger partial charge < -0.3 is 14.5 Å². The Morgan fingerprint density at radius 1 is 1.35 bits per heavy atom. The van der Waals surface area contributed by atoms with Crippen molar-refractivity contribution in [3.05, 3.63) is 36.5 Å². The summed E-state index contributed by atoms with van der Waals surface area (Å²) in [5, 5.41) is 10.2. The largest absolute Gasteiger partial charge is 0.480 e. The summed E-state index contributed by atoms with van der Waals surface area (Å²) in [6.45, 7) is 0. The number of hydrogen-bond donors (Lipinski definition) is 1. The van der Waals surface area contributed by atoms with Gasteiger partial charge in [-0.1, -0.05) is 18.2 Å². The highest BCUT2D eigenvalue weighted by Gasteiger charge is 2.19. The Morgan fingerprint density at radius 3 is 2.82 bits per heavy atom. The number of para-hydroxylation sites is 1. The third kappa shape index (κ3) is 2.20. The number of carboxylic acids is 1. The Hall–Kier alpha value is -2.10. The molecule has 1 N–H and O–H groups in total. The Balaban J connectivity index is 2.41. The van der Waals surface area contributed by atoms with Crippen molar-refractivity contribution in [1.82, 2.24) is 4.57 Å². The van der Waals surface area contributed by atoms with Crippen molar-refractivity contribution < 1.29 is 14.7 Å². The molecular weight excluding hydrogens is 218 g/mol. The maximum atomic E-state index is 11.2. The monoisotopic (exact) mass is 231 g/mol. The predicted octanol–water partition coefficient (Wildman–Crippen LogP) is 2.25. The highest BCUT2D eigenvalue weighted by Crippen LogP contribution is 2.22. The molecule has 1 atom stereocenters. The zero-order chi connectivity index (χ0) is 12.3. The maximum absolute atomic E-state index is 11.2. The highest BCUT2D eigenvalue weighted by atomic mass is 16.4. The van der Waals surface area contributed by atoms with Gasteiger partial charge in [0.15, 0.2) is 0 Å². The van der Waals surface area contributed by atoms with E-state index in [2.05, 4.69) is 0 Å². The van der Waals surface area contributed by atoms with Crippen LogP contribution in [0.4, 0.5) is 0 Å². The number of carbonyl (C=O) groups excluding carboxylic acids is 1. The van der Waals surface area contributed by atoms with Crippen LogP contribution < -0.4 is 0 Å². The quantitative estimate of drug-likeness (QED) is 0.803. The molecule has 0 aliphatic heterocycles. The predicted molar refractivity (Wildman–Crippen MR) is 63.9 cm³/mol. The molecule has 0 radical (unpaired) electrons. The molecule has 0 saturated carbocycles. The Morgan fingerprint density at radius 2 is 2.12 bits per heavy atom. The van der Waals surface area contributed by atoms with Crippen molar-refractivity contribution in [1.29, 1.82) is 0 Å². The van der Waals surface area contributed by atoms with E-state index in [1.54, 1.807) is 10.8 Å². The van der Waals surface area contributed by atoms with E-state index in [1.807, 2.05) is 30.3 Å². The lowest BCUT2D eigenvalue weighted by Crippen LogP contribution is -2.18. The Kier molecular flexibility index (Phi) is 3.23. The number of aromatic nitrogens is 1. The summed E-state index contributed by atoms with van der Waals surface area (Å²) in [4.78, 5) is 21.6. The molecule has 0 saturated heterocycles. The van der Waals surface area contributed by atoms with E-state index in [9.17, 15) is 14.7 Å². The molecule has 4 nitrogen and oxygen atoms in total. The standard InChI is InChI=1S/C13H13NO3/c15-9-3-6-12(13(16)17)14-8-7-10-4-1-2-5-11(10)14/h1-2,4-5,7-9,12H,3,6H2,(H,16,17). The summed E-state index contributed by atoms with van der Waals surface area (Å²) in [6.07, 6.45) is 3.08. The van der Waals surface area contributed by atoms with E-state index < -0.39 is 12.0 Å². The minimum Gasteiger partial charge on any atom is -0.480 e. The lowest BCUT2D eigenvalue weighted by atomic mass is 10.1. The van der Waals surface area contributed by atoms with Gasteiger partial charge >= 0.3 is 5.97 Å². The SMILES string of the molecule is O=CCCC(C(=O)O)n1ccc2ccccc21. The Bertz CT molecular complexity index is 544. The van der Waals surface area contributed by atoms with E-state index in [1.165, 1.54) is 0 Å². The summed E-state index contributed by atoms with van der Waals surface area (Å²) in [5.41, 5.74) is 0.880. The molecule has 17 heavy (non-hydrogen) atoms. The molecule has 0 spiro atoms. The minimum atomic E-state index is -0.909. The van der Waals surface area contributed by atoms with Gasteiger partial charge in [-0.3, -0.25) is 0 Å². The average Bonchev–Trinajstić information content (AvgIpc) is 2.73. The van der Waals surface area contributed by atoms with Crippen LogP contribution in [0.15, 0.2) is 36.5 Å². The second-order valence-electron chi connectivity index (χ2n) is 3.88. The van der Waals surface area contributed by atoms with Gasteiger partial charge in [0.2, 0.25) is 0 Å². The lowest BCUT2D eigenvalue weighted by Gasteiger charge is -2.14. The fraction of sp³-hybridized carbons (Fsp3) is 0.231. The summed E-state index contributed by atoms with van der Waals surface area (Å²) in [5.74, 6) is -0.909. The van der Waals surface area contributed by atoms with E-state index in [4.69, 9.17) is 0 Å². The van der Waals surface area contributed by atoms with Crippen molar-refractivity contribution in [3.63, 3.8) is 0 Å². The zero-order valence-electron chi connectivity index (χ0n) is 9.24. The van der Waals surface area contributed by atoms with Crippen LogP contribution in [0.25, 0.3) is 10.9 Å². The Labute approximate surface area is 98.5 Å².